The smallest absolute Gasteiger partial charge is 0.416 e. The van der Waals surface area contributed by atoms with Gasteiger partial charge in [0.2, 0.25) is 0 Å². The number of aryl methyl sites for hydroxylation is 1. The molecule has 1 unspecified atom stereocenters. The molecule has 0 saturated carbocycles. The van der Waals surface area contributed by atoms with Gasteiger partial charge >= 0.3 is 18.3 Å². The number of rotatable bonds is 7. The van der Waals surface area contributed by atoms with E-state index < -0.39 is 35.4 Å². The predicted octanol–water partition coefficient (Wildman–Crippen LogP) is 8.76. The predicted molar refractivity (Wildman–Crippen MR) is 138 cm³/mol. The van der Waals surface area contributed by atoms with Gasteiger partial charge in [-0.1, -0.05) is 38.1 Å². The van der Waals surface area contributed by atoms with Gasteiger partial charge in [0.25, 0.3) is 0 Å². The van der Waals surface area contributed by atoms with Crippen LogP contribution in [0.1, 0.15) is 48.9 Å². The summed E-state index contributed by atoms with van der Waals surface area (Å²) in [6, 6.07) is 13.6. The Morgan fingerprint density at radius 3 is 2.10 bits per heavy atom. The van der Waals surface area contributed by atoms with Gasteiger partial charge in [0.1, 0.15) is 0 Å². The maximum absolute atomic E-state index is 13.5. The summed E-state index contributed by atoms with van der Waals surface area (Å²) in [6.07, 6.45) is -7.09. The van der Waals surface area contributed by atoms with Crippen molar-refractivity contribution in [3.63, 3.8) is 0 Å². The summed E-state index contributed by atoms with van der Waals surface area (Å²) in [5.74, 6) is -1.52. The number of hydrogen-bond acceptors (Lipinski definition) is 2. The van der Waals surface area contributed by atoms with E-state index in [1.165, 1.54) is 18.2 Å². The number of benzene rings is 3. The molecule has 1 N–H and O–H groups in total. The zero-order valence-electron chi connectivity index (χ0n) is 21.5. The van der Waals surface area contributed by atoms with Gasteiger partial charge in [-0.3, -0.25) is 4.79 Å². The molecule has 208 valence electrons. The van der Waals surface area contributed by atoms with Crippen LogP contribution in [0.2, 0.25) is 0 Å². The third kappa shape index (κ3) is 6.75. The summed E-state index contributed by atoms with van der Waals surface area (Å²) in [4.78, 5) is 13.8. The van der Waals surface area contributed by atoms with Crippen molar-refractivity contribution in [1.29, 1.82) is 0 Å². The fraction of sp³-hybridized carbons (Fsp3) is 0.367. The van der Waals surface area contributed by atoms with Crippen LogP contribution in [-0.4, -0.2) is 17.6 Å². The van der Waals surface area contributed by atoms with Gasteiger partial charge < -0.3 is 10.0 Å². The summed E-state index contributed by atoms with van der Waals surface area (Å²) >= 11 is 0. The van der Waals surface area contributed by atoms with Crippen molar-refractivity contribution in [3.8, 4) is 11.1 Å². The molecule has 0 radical (unpaired) electrons. The van der Waals surface area contributed by atoms with Crippen LogP contribution < -0.4 is 4.90 Å². The average Bonchev–Trinajstić information content (AvgIpc) is 2.86. The lowest BCUT2D eigenvalue weighted by molar-refractivity contribution is -0.142. The normalized spacial score (nSPS) is 14.8. The minimum atomic E-state index is -4.52. The molecule has 1 heterocycles. The van der Waals surface area contributed by atoms with Gasteiger partial charge in [0, 0.05) is 17.9 Å². The molecule has 3 aromatic carbocycles. The Balaban J connectivity index is 1.82. The molecule has 0 aromatic heterocycles. The van der Waals surface area contributed by atoms with Crippen molar-refractivity contribution >= 4 is 17.3 Å². The lowest BCUT2D eigenvalue weighted by Crippen LogP contribution is -2.25. The third-order valence-electron chi connectivity index (χ3n) is 6.95. The molecule has 4 rings (SSSR count). The first-order valence-electron chi connectivity index (χ1n) is 12.7. The number of halogens is 6. The summed E-state index contributed by atoms with van der Waals surface area (Å²) in [5.41, 5.74) is 1.88. The van der Waals surface area contributed by atoms with Gasteiger partial charge in [-0.15, -0.1) is 0 Å². The molecular formula is C30H29F6NO2. The number of hydrogen-bond donors (Lipinski definition) is 1. The first kappa shape index (κ1) is 28.5. The second kappa shape index (κ2) is 10.9. The molecule has 0 amide bonds. The highest BCUT2D eigenvalue weighted by atomic mass is 19.4. The van der Waals surface area contributed by atoms with E-state index in [1.54, 1.807) is 23.1 Å². The molecule has 39 heavy (non-hydrogen) atoms. The Labute approximate surface area is 223 Å². The van der Waals surface area contributed by atoms with Crippen molar-refractivity contribution in [2.24, 2.45) is 11.8 Å². The van der Waals surface area contributed by atoms with E-state index >= 15 is 0 Å². The van der Waals surface area contributed by atoms with Crippen molar-refractivity contribution < 1.29 is 36.2 Å². The van der Waals surface area contributed by atoms with E-state index in [4.69, 9.17) is 0 Å². The Bertz CT molecular complexity index is 1330. The highest BCUT2D eigenvalue weighted by Crippen LogP contribution is 2.40. The molecule has 9 heteroatoms. The number of carbonyl (C=O) groups is 1. The van der Waals surface area contributed by atoms with Crippen LogP contribution in [0.5, 0.6) is 0 Å². The average molecular weight is 550 g/mol. The van der Waals surface area contributed by atoms with E-state index in [9.17, 15) is 36.2 Å². The van der Waals surface area contributed by atoms with Crippen LogP contribution in [0, 0.1) is 11.8 Å². The molecule has 1 atom stereocenters. The number of nitrogens with zero attached hydrogens (tertiary/aromatic N) is 1. The SMILES string of the molecule is CC(C)CC(Cc1cc(-c2ccc(C(F)(F)F)cc2)cc(N2CCCc3ccc(C(F)(F)F)cc32)c1)C(=O)O. The van der Waals surface area contributed by atoms with E-state index in [2.05, 4.69) is 0 Å². The number of fused-ring (bicyclic) bond motifs is 1. The lowest BCUT2D eigenvalue weighted by Gasteiger charge is -2.33. The number of aliphatic carboxylic acids is 1. The fourth-order valence-corrected chi connectivity index (χ4v) is 5.11. The van der Waals surface area contributed by atoms with Gasteiger partial charge in [0.05, 0.1) is 17.0 Å². The maximum atomic E-state index is 13.5. The Hall–Kier alpha value is -3.49. The van der Waals surface area contributed by atoms with E-state index in [0.29, 0.717) is 53.9 Å². The zero-order chi connectivity index (χ0) is 28.5. The molecule has 3 aromatic rings. The summed E-state index contributed by atoms with van der Waals surface area (Å²) in [7, 11) is 0. The largest absolute Gasteiger partial charge is 0.481 e. The van der Waals surface area contributed by atoms with Crippen molar-refractivity contribution in [3.05, 3.63) is 82.9 Å². The van der Waals surface area contributed by atoms with Crippen LogP contribution in [0.3, 0.4) is 0 Å². The first-order valence-corrected chi connectivity index (χ1v) is 12.7. The quantitative estimate of drug-likeness (QED) is 0.300. The van der Waals surface area contributed by atoms with E-state index in [-0.39, 0.29) is 12.3 Å². The van der Waals surface area contributed by atoms with E-state index in [0.717, 1.165) is 29.8 Å². The lowest BCUT2D eigenvalue weighted by atomic mass is 9.89. The van der Waals surface area contributed by atoms with Crippen molar-refractivity contribution in [1.82, 2.24) is 0 Å². The summed E-state index contributed by atoms with van der Waals surface area (Å²) < 4.78 is 80.0. The molecule has 0 aliphatic carbocycles. The Morgan fingerprint density at radius 1 is 0.872 bits per heavy atom. The van der Waals surface area contributed by atoms with Crippen LogP contribution >= 0.6 is 0 Å². The number of carboxylic acid groups (broad SMARTS) is 1. The van der Waals surface area contributed by atoms with Gasteiger partial charge in [-0.25, -0.2) is 0 Å². The Kier molecular flexibility index (Phi) is 8.00. The maximum Gasteiger partial charge on any atom is 0.416 e. The van der Waals surface area contributed by atoms with Gasteiger partial charge in [0.15, 0.2) is 0 Å². The zero-order valence-corrected chi connectivity index (χ0v) is 21.5. The fourth-order valence-electron chi connectivity index (χ4n) is 5.11. The second-order valence-electron chi connectivity index (χ2n) is 10.4. The van der Waals surface area contributed by atoms with E-state index in [1.807, 2.05) is 13.8 Å². The first-order chi connectivity index (χ1) is 18.2. The standard InChI is InChI=1S/C30H29F6NO2/c1-18(2)12-23(28(38)39)14-19-13-22(20-5-8-24(9-6-20)29(31,32)33)16-26(15-19)37-11-3-4-21-7-10-25(17-27(21)37)30(34,35)36/h5-10,13,15-18,23H,3-4,11-12,14H2,1-2H3,(H,38,39). The molecule has 0 fully saturated rings. The summed E-state index contributed by atoms with van der Waals surface area (Å²) in [6.45, 7) is 4.28. The Morgan fingerprint density at radius 2 is 1.51 bits per heavy atom. The number of anilines is 2. The van der Waals surface area contributed by atoms with Crippen LogP contribution in [0.15, 0.2) is 60.7 Å². The molecular weight excluding hydrogens is 520 g/mol. The minimum Gasteiger partial charge on any atom is -0.481 e. The second-order valence-corrected chi connectivity index (χ2v) is 10.4. The van der Waals surface area contributed by atoms with Gasteiger partial charge in [-0.05, 0) is 90.3 Å². The molecule has 0 bridgehead atoms. The monoisotopic (exact) mass is 549 g/mol. The number of alkyl halides is 6. The minimum absolute atomic E-state index is 0.124. The molecule has 3 nitrogen and oxygen atoms in total. The molecule has 1 aliphatic heterocycles. The van der Waals surface area contributed by atoms with Crippen LogP contribution in [0.4, 0.5) is 37.7 Å². The van der Waals surface area contributed by atoms with Crippen LogP contribution in [0.25, 0.3) is 11.1 Å². The number of carboxylic acids is 1. The third-order valence-corrected chi connectivity index (χ3v) is 6.95. The molecule has 1 aliphatic rings. The molecule has 0 spiro atoms. The topological polar surface area (TPSA) is 40.5 Å². The van der Waals surface area contributed by atoms with Crippen LogP contribution in [-0.2, 0) is 30.0 Å². The highest BCUT2D eigenvalue weighted by Gasteiger charge is 2.33. The molecule has 0 saturated heterocycles. The van der Waals surface area contributed by atoms with Crippen molar-refractivity contribution in [2.75, 3.05) is 11.4 Å². The highest BCUT2D eigenvalue weighted by molar-refractivity contribution is 5.76. The van der Waals surface area contributed by atoms with Gasteiger partial charge in [-0.2, -0.15) is 26.3 Å². The summed E-state index contributed by atoms with van der Waals surface area (Å²) in [5, 5.41) is 9.81. The van der Waals surface area contributed by atoms with Crippen molar-refractivity contribution in [2.45, 2.75) is 51.9 Å².